The number of benzene rings is 2. The molecule has 1 N–H and O–H groups in total. The van der Waals surface area contributed by atoms with Crippen molar-refractivity contribution in [1.29, 1.82) is 5.26 Å². The number of nitriles is 1. The molecule has 6 heteroatoms. The van der Waals surface area contributed by atoms with Crippen molar-refractivity contribution >= 4 is 12.0 Å². The van der Waals surface area contributed by atoms with Crippen molar-refractivity contribution in [3.05, 3.63) is 78.0 Å². The summed E-state index contributed by atoms with van der Waals surface area (Å²) in [5.74, 6) is -0.403. The summed E-state index contributed by atoms with van der Waals surface area (Å²) in [5, 5.41) is 17.1. The van der Waals surface area contributed by atoms with Crippen LogP contribution in [0, 0.1) is 11.3 Å². The Bertz CT molecular complexity index is 1080. The van der Waals surface area contributed by atoms with Crippen LogP contribution in [0.15, 0.2) is 72.4 Å². The highest BCUT2D eigenvalue weighted by Gasteiger charge is 2.19. The maximum atomic E-state index is 12.6. The van der Waals surface area contributed by atoms with Gasteiger partial charge >= 0.3 is 0 Å². The molecule has 4 rings (SSSR count). The highest BCUT2D eigenvalue weighted by molar-refractivity contribution is 6.02. The Morgan fingerprint density at radius 3 is 2.60 bits per heavy atom. The first-order chi connectivity index (χ1) is 14.7. The molecule has 1 saturated heterocycles. The van der Waals surface area contributed by atoms with Crippen LogP contribution in [0.4, 0.5) is 0 Å². The van der Waals surface area contributed by atoms with E-state index in [9.17, 15) is 10.1 Å². The summed E-state index contributed by atoms with van der Waals surface area (Å²) >= 11 is 0. The summed E-state index contributed by atoms with van der Waals surface area (Å²) < 4.78 is 7.29. The number of amides is 1. The topological polar surface area (TPSA) is 79.9 Å². The molecule has 0 aliphatic carbocycles. The normalized spacial score (nSPS) is 16.2. The Kier molecular flexibility index (Phi) is 6.02. The van der Waals surface area contributed by atoms with Crippen molar-refractivity contribution in [1.82, 2.24) is 15.1 Å². The van der Waals surface area contributed by atoms with Gasteiger partial charge in [-0.05, 0) is 31.1 Å². The summed E-state index contributed by atoms with van der Waals surface area (Å²) in [7, 11) is 0. The zero-order valence-corrected chi connectivity index (χ0v) is 16.5. The number of aromatic nitrogens is 2. The summed E-state index contributed by atoms with van der Waals surface area (Å²) in [6.07, 6.45) is 5.38. The van der Waals surface area contributed by atoms with Gasteiger partial charge in [-0.25, -0.2) is 4.68 Å². The highest BCUT2D eigenvalue weighted by Crippen LogP contribution is 2.25. The van der Waals surface area contributed by atoms with Gasteiger partial charge in [0.15, 0.2) is 0 Å². The third-order valence-corrected chi connectivity index (χ3v) is 4.99. The fourth-order valence-corrected chi connectivity index (χ4v) is 3.44. The smallest absolute Gasteiger partial charge is 0.262 e. The molecule has 0 radical (unpaired) electrons. The average Bonchev–Trinajstić information content (AvgIpc) is 3.47. The molecule has 2 heterocycles. The van der Waals surface area contributed by atoms with E-state index >= 15 is 0 Å². The lowest BCUT2D eigenvalue weighted by Crippen LogP contribution is -2.32. The zero-order chi connectivity index (χ0) is 20.8. The fourth-order valence-electron chi connectivity index (χ4n) is 3.44. The SMILES string of the molecule is N#C/C(=C/c1cn(-c2ccccc2)nc1-c1ccccc1)C(=O)NCC1CCCO1. The van der Waals surface area contributed by atoms with Gasteiger partial charge < -0.3 is 10.1 Å². The molecule has 3 aromatic rings. The van der Waals surface area contributed by atoms with E-state index in [2.05, 4.69) is 5.32 Å². The average molecular weight is 398 g/mol. The van der Waals surface area contributed by atoms with Crippen LogP contribution < -0.4 is 5.32 Å². The molecule has 0 spiro atoms. The maximum Gasteiger partial charge on any atom is 0.262 e. The van der Waals surface area contributed by atoms with E-state index in [1.807, 2.05) is 72.9 Å². The molecule has 0 bridgehead atoms. The van der Waals surface area contributed by atoms with Crippen LogP contribution in [0.3, 0.4) is 0 Å². The number of ether oxygens (including phenoxy) is 1. The zero-order valence-electron chi connectivity index (χ0n) is 16.5. The predicted octanol–water partition coefficient (Wildman–Crippen LogP) is 3.74. The number of hydrogen-bond donors (Lipinski definition) is 1. The third kappa shape index (κ3) is 4.48. The van der Waals surface area contributed by atoms with Gasteiger partial charge in [-0.3, -0.25) is 4.79 Å². The van der Waals surface area contributed by atoms with Crippen molar-refractivity contribution in [2.24, 2.45) is 0 Å². The Morgan fingerprint density at radius 2 is 1.93 bits per heavy atom. The Labute approximate surface area is 175 Å². The quantitative estimate of drug-likeness (QED) is 0.507. The molecule has 2 aromatic carbocycles. The van der Waals surface area contributed by atoms with Crippen LogP contribution in [-0.4, -0.2) is 34.9 Å². The number of nitrogens with one attached hydrogen (secondary N) is 1. The third-order valence-electron chi connectivity index (χ3n) is 4.99. The molecule has 1 aliphatic rings. The molecule has 1 aromatic heterocycles. The Hall–Kier alpha value is -3.69. The molecule has 6 nitrogen and oxygen atoms in total. The first-order valence-electron chi connectivity index (χ1n) is 9.96. The second-order valence-electron chi connectivity index (χ2n) is 7.09. The molecule has 1 atom stereocenters. The van der Waals surface area contributed by atoms with E-state index in [-0.39, 0.29) is 11.7 Å². The number of hydrogen-bond acceptors (Lipinski definition) is 4. The fraction of sp³-hybridized carbons (Fsp3) is 0.208. The second-order valence-corrected chi connectivity index (χ2v) is 7.09. The van der Waals surface area contributed by atoms with Gasteiger partial charge in [-0.1, -0.05) is 48.5 Å². The molecular weight excluding hydrogens is 376 g/mol. The van der Waals surface area contributed by atoms with Crippen LogP contribution in [-0.2, 0) is 9.53 Å². The molecule has 1 fully saturated rings. The van der Waals surface area contributed by atoms with Crippen molar-refractivity contribution in [3.8, 4) is 23.0 Å². The van der Waals surface area contributed by atoms with Gasteiger partial charge in [-0.2, -0.15) is 10.4 Å². The monoisotopic (exact) mass is 398 g/mol. The van der Waals surface area contributed by atoms with Crippen molar-refractivity contribution in [2.75, 3.05) is 13.2 Å². The van der Waals surface area contributed by atoms with E-state index in [1.165, 1.54) is 0 Å². The lowest BCUT2D eigenvalue weighted by Gasteiger charge is -2.10. The van der Waals surface area contributed by atoms with E-state index in [0.29, 0.717) is 17.8 Å². The van der Waals surface area contributed by atoms with Gasteiger partial charge in [0.05, 0.1) is 17.5 Å². The minimum atomic E-state index is -0.403. The molecule has 30 heavy (non-hydrogen) atoms. The molecule has 1 aliphatic heterocycles. The summed E-state index contributed by atoms with van der Waals surface area (Å²) in [4.78, 5) is 12.6. The van der Waals surface area contributed by atoms with Gasteiger partial charge in [0.2, 0.25) is 0 Å². The molecule has 1 unspecified atom stereocenters. The van der Waals surface area contributed by atoms with E-state index < -0.39 is 5.91 Å². The number of para-hydroxylation sites is 1. The van der Waals surface area contributed by atoms with Crippen LogP contribution in [0.25, 0.3) is 23.0 Å². The maximum absolute atomic E-state index is 12.6. The summed E-state index contributed by atoms with van der Waals surface area (Å²) in [5.41, 5.74) is 3.26. The lowest BCUT2D eigenvalue weighted by molar-refractivity contribution is -0.117. The first kappa shape index (κ1) is 19.6. The predicted molar refractivity (Wildman–Crippen MR) is 115 cm³/mol. The number of rotatable bonds is 6. The van der Waals surface area contributed by atoms with Crippen molar-refractivity contribution in [2.45, 2.75) is 18.9 Å². The number of carbonyl (C=O) groups is 1. The summed E-state index contributed by atoms with van der Waals surface area (Å²) in [6, 6.07) is 21.5. The number of carbonyl (C=O) groups excluding carboxylic acids is 1. The van der Waals surface area contributed by atoms with Crippen LogP contribution in [0.2, 0.25) is 0 Å². The second kappa shape index (κ2) is 9.21. The van der Waals surface area contributed by atoms with Gasteiger partial charge in [0.1, 0.15) is 11.6 Å². The van der Waals surface area contributed by atoms with Crippen molar-refractivity contribution in [3.63, 3.8) is 0 Å². The van der Waals surface area contributed by atoms with Gasteiger partial charge in [-0.15, -0.1) is 0 Å². The lowest BCUT2D eigenvalue weighted by atomic mass is 10.1. The minimum Gasteiger partial charge on any atom is -0.376 e. The molecular formula is C24H22N4O2. The standard InChI is InChI=1S/C24H22N4O2/c25-15-19(24(29)26-16-22-12-7-13-30-22)14-20-17-28(21-10-5-2-6-11-21)27-23(20)18-8-3-1-4-9-18/h1-6,8-11,14,17,22H,7,12-13,16H2,(H,26,29)/b19-14-. The largest absolute Gasteiger partial charge is 0.376 e. The minimum absolute atomic E-state index is 0.0228. The van der Waals surface area contributed by atoms with Crippen LogP contribution in [0.5, 0.6) is 0 Å². The highest BCUT2D eigenvalue weighted by atomic mass is 16.5. The van der Waals surface area contributed by atoms with E-state index in [0.717, 1.165) is 30.7 Å². The summed E-state index contributed by atoms with van der Waals surface area (Å²) in [6.45, 7) is 1.13. The molecule has 1 amide bonds. The van der Waals surface area contributed by atoms with E-state index in [1.54, 1.807) is 10.8 Å². The molecule has 0 saturated carbocycles. The van der Waals surface area contributed by atoms with Crippen molar-refractivity contribution < 1.29 is 9.53 Å². The van der Waals surface area contributed by atoms with Crippen LogP contribution in [0.1, 0.15) is 18.4 Å². The van der Waals surface area contributed by atoms with Gasteiger partial charge in [0, 0.05) is 30.5 Å². The van der Waals surface area contributed by atoms with Gasteiger partial charge in [0.25, 0.3) is 5.91 Å². The Morgan fingerprint density at radius 1 is 1.20 bits per heavy atom. The molecule has 150 valence electrons. The Balaban J connectivity index is 1.66. The first-order valence-corrected chi connectivity index (χ1v) is 9.96. The van der Waals surface area contributed by atoms with Crippen LogP contribution >= 0.6 is 0 Å². The van der Waals surface area contributed by atoms with E-state index in [4.69, 9.17) is 9.84 Å². The number of nitrogens with zero attached hydrogens (tertiary/aromatic N) is 3.